The molecular weight excluding hydrogens is 360 g/mol. The van der Waals surface area contributed by atoms with Crippen molar-refractivity contribution in [2.45, 2.75) is 0 Å². The van der Waals surface area contributed by atoms with Gasteiger partial charge in [0.25, 0.3) is 17.3 Å². The second-order valence-electron chi connectivity index (χ2n) is 5.03. The van der Waals surface area contributed by atoms with Crippen LogP contribution in [0.15, 0.2) is 41.5 Å². The molecule has 0 bridgehead atoms. The van der Waals surface area contributed by atoms with Crippen molar-refractivity contribution in [3.05, 3.63) is 67.8 Å². The van der Waals surface area contributed by atoms with E-state index in [-0.39, 0.29) is 34.0 Å². The number of carbonyl (C=O) groups is 1. The average molecular weight is 374 g/mol. The third-order valence-corrected chi connectivity index (χ3v) is 3.42. The van der Waals surface area contributed by atoms with Crippen LogP contribution in [-0.4, -0.2) is 36.2 Å². The lowest BCUT2D eigenvalue weighted by atomic mass is 10.1. The topological polar surface area (TPSA) is 146 Å². The molecule has 2 rings (SSSR count). The van der Waals surface area contributed by atoms with Crippen molar-refractivity contribution in [1.82, 2.24) is 5.43 Å². The second-order valence-corrected chi connectivity index (χ2v) is 5.03. The van der Waals surface area contributed by atoms with Gasteiger partial charge < -0.3 is 9.47 Å². The Balaban J connectivity index is 2.25. The first-order valence-electron chi connectivity index (χ1n) is 7.35. The molecular formula is C16H14N4O7. The Morgan fingerprint density at radius 3 is 2.33 bits per heavy atom. The molecule has 0 aromatic heterocycles. The highest BCUT2D eigenvalue weighted by molar-refractivity contribution is 5.96. The Kier molecular flexibility index (Phi) is 5.99. The van der Waals surface area contributed by atoms with Gasteiger partial charge in [0, 0.05) is 17.7 Å². The minimum atomic E-state index is -0.710. The van der Waals surface area contributed by atoms with Crippen molar-refractivity contribution < 1.29 is 24.1 Å². The van der Waals surface area contributed by atoms with E-state index in [1.54, 1.807) is 0 Å². The quantitative estimate of drug-likeness (QED) is 0.444. The van der Waals surface area contributed by atoms with E-state index in [9.17, 15) is 25.0 Å². The predicted octanol–water partition coefficient (Wildman–Crippen LogP) is 2.28. The van der Waals surface area contributed by atoms with Crippen LogP contribution in [0, 0.1) is 20.2 Å². The second kappa shape index (κ2) is 8.38. The van der Waals surface area contributed by atoms with Crippen LogP contribution in [0.5, 0.6) is 11.5 Å². The number of benzene rings is 2. The van der Waals surface area contributed by atoms with Gasteiger partial charge in [-0.25, -0.2) is 5.43 Å². The molecule has 0 atom stereocenters. The fourth-order valence-electron chi connectivity index (χ4n) is 2.13. The fourth-order valence-corrected chi connectivity index (χ4v) is 2.13. The Bertz CT molecular complexity index is 927. The molecule has 0 saturated heterocycles. The van der Waals surface area contributed by atoms with Crippen LogP contribution >= 0.6 is 0 Å². The number of nitro groups is 2. The smallest absolute Gasteiger partial charge is 0.282 e. The molecule has 1 N–H and O–H groups in total. The van der Waals surface area contributed by atoms with Crippen molar-refractivity contribution in [2.75, 3.05) is 14.2 Å². The van der Waals surface area contributed by atoms with Crippen molar-refractivity contribution in [2.24, 2.45) is 5.10 Å². The number of amides is 1. The minimum absolute atomic E-state index is 0.0168. The molecule has 1 amide bonds. The molecule has 0 heterocycles. The molecule has 2 aromatic carbocycles. The number of nitro benzene ring substituents is 2. The number of hydrogen-bond donors (Lipinski definition) is 1. The summed E-state index contributed by atoms with van der Waals surface area (Å²) >= 11 is 0. The van der Waals surface area contributed by atoms with Gasteiger partial charge in [-0.2, -0.15) is 5.10 Å². The highest BCUT2D eigenvalue weighted by atomic mass is 16.6. The normalized spacial score (nSPS) is 10.4. The van der Waals surface area contributed by atoms with Gasteiger partial charge in [-0.3, -0.25) is 25.0 Å². The zero-order chi connectivity index (χ0) is 20.0. The van der Waals surface area contributed by atoms with Crippen LogP contribution in [0.3, 0.4) is 0 Å². The largest absolute Gasteiger partial charge is 0.493 e. The molecule has 0 saturated carbocycles. The maximum Gasteiger partial charge on any atom is 0.282 e. The number of carbonyl (C=O) groups excluding carboxylic acids is 1. The van der Waals surface area contributed by atoms with Gasteiger partial charge >= 0.3 is 0 Å². The monoisotopic (exact) mass is 374 g/mol. The molecule has 27 heavy (non-hydrogen) atoms. The minimum Gasteiger partial charge on any atom is -0.493 e. The zero-order valence-corrected chi connectivity index (χ0v) is 14.2. The van der Waals surface area contributed by atoms with Crippen LogP contribution in [0.2, 0.25) is 0 Å². The van der Waals surface area contributed by atoms with Crippen LogP contribution in [0.25, 0.3) is 0 Å². The lowest BCUT2D eigenvalue weighted by Crippen LogP contribution is -2.17. The van der Waals surface area contributed by atoms with Crippen molar-refractivity contribution >= 4 is 23.5 Å². The number of rotatable bonds is 7. The van der Waals surface area contributed by atoms with E-state index in [0.717, 1.165) is 12.3 Å². The lowest BCUT2D eigenvalue weighted by Gasteiger charge is -2.08. The van der Waals surface area contributed by atoms with Gasteiger partial charge in [0.05, 0.1) is 41.9 Å². The van der Waals surface area contributed by atoms with E-state index in [1.807, 2.05) is 0 Å². The summed E-state index contributed by atoms with van der Waals surface area (Å²) in [7, 11) is 2.71. The number of nitrogens with zero attached hydrogens (tertiary/aromatic N) is 3. The molecule has 0 aliphatic carbocycles. The molecule has 0 spiro atoms. The van der Waals surface area contributed by atoms with Gasteiger partial charge in [0.2, 0.25) is 0 Å². The number of ether oxygens (including phenoxy) is 2. The SMILES string of the molecule is COc1cc(/C=N/NC(=O)c2cccc([N+](=O)[O-])c2)c([N+](=O)[O-])cc1OC. The summed E-state index contributed by atoms with van der Waals surface area (Å²) in [4.78, 5) is 32.7. The third kappa shape index (κ3) is 4.54. The predicted molar refractivity (Wildman–Crippen MR) is 94.4 cm³/mol. The molecule has 0 aliphatic rings. The lowest BCUT2D eigenvalue weighted by molar-refractivity contribution is -0.385. The molecule has 11 heteroatoms. The van der Waals surface area contributed by atoms with Gasteiger partial charge in [-0.15, -0.1) is 0 Å². The number of non-ortho nitro benzene ring substituents is 1. The van der Waals surface area contributed by atoms with E-state index in [1.165, 1.54) is 44.6 Å². The highest BCUT2D eigenvalue weighted by Crippen LogP contribution is 2.33. The maximum atomic E-state index is 12.0. The van der Waals surface area contributed by atoms with Gasteiger partial charge in [-0.05, 0) is 12.1 Å². The summed E-state index contributed by atoms with van der Waals surface area (Å²) in [5, 5.41) is 25.6. The Morgan fingerprint density at radius 2 is 1.74 bits per heavy atom. The standard InChI is InChI=1S/C16H14N4O7/c1-26-14-7-11(13(20(24)25)8-15(14)27-2)9-17-18-16(21)10-4-3-5-12(6-10)19(22)23/h3-9H,1-2H3,(H,18,21)/b17-9+. The molecule has 0 aliphatic heterocycles. The molecule has 0 fully saturated rings. The summed E-state index contributed by atoms with van der Waals surface area (Å²) in [6.07, 6.45) is 1.06. The molecule has 140 valence electrons. The van der Waals surface area contributed by atoms with Crippen LogP contribution in [0.1, 0.15) is 15.9 Å². The Morgan fingerprint density at radius 1 is 1.07 bits per heavy atom. The number of nitrogens with one attached hydrogen (secondary N) is 1. The number of methoxy groups -OCH3 is 2. The van der Waals surface area contributed by atoms with E-state index in [4.69, 9.17) is 9.47 Å². The fraction of sp³-hybridized carbons (Fsp3) is 0.125. The summed E-state index contributed by atoms with van der Waals surface area (Å²) in [5.41, 5.74) is 1.69. The zero-order valence-electron chi connectivity index (χ0n) is 14.2. The highest BCUT2D eigenvalue weighted by Gasteiger charge is 2.18. The summed E-state index contributed by atoms with van der Waals surface area (Å²) < 4.78 is 10.1. The van der Waals surface area contributed by atoms with E-state index in [2.05, 4.69) is 10.5 Å². The first-order valence-corrected chi connectivity index (χ1v) is 7.35. The molecule has 0 radical (unpaired) electrons. The van der Waals surface area contributed by atoms with Gasteiger partial charge in [-0.1, -0.05) is 6.07 Å². The van der Waals surface area contributed by atoms with E-state index in [0.29, 0.717) is 0 Å². The van der Waals surface area contributed by atoms with Crippen LogP contribution in [-0.2, 0) is 0 Å². The number of hydrogen-bond acceptors (Lipinski definition) is 8. The van der Waals surface area contributed by atoms with Crippen molar-refractivity contribution in [3.63, 3.8) is 0 Å². The van der Waals surface area contributed by atoms with Gasteiger partial charge in [0.1, 0.15) is 0 Å². The van der Waals surface area contributed by atoms with E-state index >= 15 is 0 Å². The van der Waals surface area contributed by atoms with Crippen molar-refractivity contribution in [1.29, 1.82) is 0 Å². The molecule has 0 unspecified atom stereocenters. The summed E-state index contributed by atoms with van der Waals surface area (Å²) in [5.74, 6) is -0.297. The van der Waals surface area contributed by atoms with E-state index < -0.39 is 15.8 Å². The molecule has 11 nitrogen and oxygen atoms in total. The average Bonchev–Trinajstić information content (AvgIpc) is 2.67. The van der Waals surface area contributed by atoms with Crippen molar-refractivity contribution in [3.8, 4) is 11.5 Å². The number of hydrazone groups is 1. The first-order chi connectivity index (χ1) is 12.9. The van der Waals surface area contributed by atoms with Gasteiger partial charge in [0.15, 0.2) is 11.5 Å². The summed E-state index contributed by atoms with van der Waals surface area (Å²) in [6, 6.07) is 7.56. The Hall–Kier alpha value is -4.02. The maximum absolute atomic E-state index is 12.0. The summed E-state index contributed by atoms with van der Waals surface area (Å²) in [6.45, 7) is 0. The van der Waals surface area contributed by atoms with Crippen LogP contribution in [0.4, 0.5) is 11.4 Å². The third-order valence-electron chi connectivity index (χ3n) is 3.42. The Labute approximate surface area is 152 Å². The van der Waals surface area contributed by atoms with Crippen LogP contribution < -0.4 is 14.9 Å². The molecule has 2 aromatic rings. The first kappa shape index (κ1) is 19.3.